The molecule has 0 aliphatic heterocycles. The predicted molar refractivity (Wildman–Crippen MR) is 104 cm³/mol. The first-order valence-electron chi connectivity index (χ1n) is 8.99. The molecule has 138 valence electrons. The van der Waals surface area contributed by atoms with E-state index in [0.29, 0.717) is 28.8 Å². The van der Waals surface area contributed by atoms with Gasteiger partial charge in [-0.1, -0.05) is 33.8 Å². The van der Waals surface area contributed by atoms with Crippen LogP contribution in [0.1, 0.15) is 52.1 Å². The SMILES string of the molecule is COc1ccc(C(C)C)cc1-c1cnc2[nH]c(=O)n(C(C)C(C)C)c2n1. The summed E-state index contributed by atoms with van der Waals surface area (Å²) in [6.45, 7) is 10.5. The van der Waals surface area contributed by atoms with Crippen LogP contribution in [0.15, 0.2) is 29.2 Å². The van der Waals surface area contributed by atoms with E-state index < -0.39 is 0 Å². The molecule has 0 saturated carbocycles. The third-order valence-corrected chi connectivity index (χ3v) is 4.96. The summed E-state index contributed by atoms with van der Waals surface area (Å²) in [6, 6.07) is 6.12. The predicted octanol–water partition coefficient (Wildman–Crippen LogP) is 4.14. The zero-order valence-electron chi connectivity index (χ0n) is 16.2. The van der Waals surface area contributed by atoms with Gasteiger partial charge < -0.3 is 4.74 Å². The van der Waals surface area contributed by atoms with E-state index in [1.165, 1.54) is 5.56 Å². The largest absolute Gasteiger partial charge is 0.496 e. The van der Waals surface area contributed by atoms with Gasteiger partial charge in [0.15, 0.2) is 11.3 Å². The van der Waals surface area contributed by atoms with E-state index in [1.54, 1.807) is 17.9 Å². The summed E-state index contributed by atoms with van der Waals surface area (Å²) in [5.74, 6) is 1.43. The Morgan fingerprint density at radius 2 is 1.88 bits per heavy atom. The van der Waals surface area contributed by atoms with Crippen LogP contribution in [0.25, 0.3) is 22.6 Å². The summed E-state index contributed by atoms with van der Waals surface area (Å²) in [6.07, 6.45) is 1.69. The van der Waals surface area contributed by atoms with Gasteiger partial charge in [-0.3, -0.25) is 9.55 Å². The van der Waals surface area contributed by atoms with Crippen molar-refractivity contribution in [3.63, 3.8) is 0 Å². The van der Waals surface area contributed by atoms with Gasteiger partial charge in [0.05, 0.1) is 19.0 Å². The van der Waals surface area contributed by atoms with E-state index in [-0.39, 0.29) is 11.7 Å². The maximum absolute atomic E-state index is 12.4. The van der Waals surface area contributed by atoms with Crippen molar-refractivity contribution in [3.8, 4) is 17.0 Å². The first-order valence-corrected chi connectivity index (χ1v) is 8.99. The third-order valence-electron chi connectivity index (χ3n) is 4.96. The minimum atomic E-state index is -0.179. The molecule has 0 bridgehead atoms. The lowest BCUT2D eigenvalue weighted by molar-refractivity contribution is 0.406. The number of hydrogen-bond acceptors (Lipinski definition) is 4. The van der Waals surface area contributed by atoms with Crippen molar-refractivity contribution in [3.05, 3.63) is 40.4 Å². The molecule has 26 heavy (non-hydrogen) atoms. The van der Waals surface area contributed by atoms with Crippen molar-refractivity contribution >= 4 is 11.3 Å². The maximum atomic E-state index is 12.4. The van der Waals surface area contributed by atoms with Crippen molar-refractivity contribution in [2.45, 2.75) is 46.6 Å². The molecule has 0 aliphatic carbocycles. The smallest absolute Gasteiger partial charge is 0.329 e. The standard InChI is InChI=1S/C20H26N4O2/c1-11(2)13(5)24-19-18(23-20(24)25)21-10-16(22-19)15-9-14(12(3)4)7-8-17(15)26-6/h7-13H,1-6H3,(H,21,23,25). The Kier molecular flexibility index (Phi) is 4.85. The van der Waals surface area contributed by atoms with Crippen molar-refractivity contribution in [1.29, 1.82) is 0 Å². The molecule has 0 amide bonds. The van der Waals surface area contributed by atoms with Crippen LogP contribution in [-0.2, 0) is 0 Å². The highest BCUT2D eigenvalue weighted by molar-refractivity contribution is 5.74. The summed E-state index contributed by atoms with van der Waals surface area (Å²) >= 11 is 0. The average molecular weight is 354 g/mol. The van der Waals surface area contributed by atoms with E-state index in [1.807, 2.05) is 13.0 Å². The highest BCUT2D eigenvalue weighted by atomic mass is 16.5. The monoisotopic (exact) mass is 354 g/mol. The van der Waals surface area contributed by atoms with Gasteiger partial charge in [-0.05, 0) is 36.5 Å². The van der Waals surface area contributed by atoms with Crippen LogP contribution >= 0.6 is 0 Å². The Morgan fingerprint density at radius 3 is 2.50 bits per heavy atom. The first kappa shape index (κ1) is 18.2. The van der Waals surface area contributed by atoms with Gasteiger partial charge in [0, 0.05) is 11.6 Å². The van der Waals surface area contributed by atoms with E-state index in [0.717, 1.165) is 11.3 Å². The number of H-pyrrole nitrogens is 1. The summed E-state index contributed by atoms with van der Waals surface area (Å²) in [5.41, 5.74) is 3.67. The Hall–Kier alpha value is -2.63. The summed E-state index contributed by atoms with van der Waals surface area (Å²) in [4.78, 5) is 24.4. The maximum Gasteiger partial charge on any atom is 0.329 e. The minimum Gasteiger partial charge on any atom is -0.496 e. The summed E-state index contributed by atoms with van der Waals surface area (Å²) in [7, 11) is 1.65. The fourth-order valence-corrected chi connectivity index (χ4v) is 2.98. The number of aromatic amines is 1. The number of benzene rings is 1. The van der Waals surface area contributed by atoms with Crippen LogP contribution < -0.4 is 10.4 Å². The van der Waals surface area contributed by atoms with Crippen LogP contribution in [0.4, 0.5) is 0 Å². The molecule has 0 spiro atoms. The number of imidazole rings is 1. The van der Waals surface area contributed by atoms with Gasteiger partial charge in [-0.15, -0.1) is 0 Å². The minimum absolute atomic E-state index is 0.0182. The fraction of sp³-hybridized carbons (Fsp3) is 0.450. The molecule has 0 saturated heterocycles. The van der Waals surface area contributed by atoms with Crippen LogP contribution in [-0.4, -0.2) is 26.6 Å². The van der Waals surface area contributed by atoms with E-state index in [4.69, 9.17) is 9.72 Å². The van der Waals surface area contributed by atoms with Gasteiger partial charge in [0.2, 0.25) is 0 Å². The van der Waals surface area contributed by atoms with Crippen LogP contribution in [0.5, 0.6) is 5.75 Å². The first-order chi connectivity index (χ1) is 12.3. The molecule has 1 N–H and O–H groups in total. The Morgan fingerprint density at radius 1 is 1.15 bits per heavy atom. The van der Waals surface area contributed by atoms with Crippen molar-refractivity contribution < 1.29 is 4.74 Å². The highest BCUT2D eigenvalue weighted by Gasteiger charge is 2.19. The molecule has 3 aromatic rings. The normalized spacial score (nSPS) is 12.9. The molecule has 0 radical (unpaired) electrons. The number of hydrogen-bond donors (Lipinski definition) is 1. The van der Waals surface area contributed by atoms with Gasteiger partial charge in [-0.2, -0.15) is 0 Å². The van der Waals surface area contributed by atoms with Gasteiger partial charge in [-0.25, -0.2) is 14.8 Å². The topological polar surface area (TPSA) is 72.8 Å². The Labute approximate surface area is 153 Å². The van der Waals surface area contributed by atoms with E-state index >= 15 is 0 Å². The molecule has 3 rings (SSSR count). The average Bonchev–Trinajstić information content (AvgIpc) is 2.95. The number of ether oxygens (including phenoxy) is 1. The van der Waals surface area contributed by atoms with Crippen molar-refractivity contribution in [1.82, 2.24) is 19.5 Å². The fourth-order valence-electron chi connectivity index (χ4n) is 2.98. The number of fused-ring (bicyclic) bond motifs is 1. The lowest BCUT2D eigenvalue weighted by Gasteiger charge is -2.17. The molecule has 0 aliphatic rings. The lowest BCUT2D eigenvalue weighted by atomic mass is 9.99. The van der Waals surface area contributed by atoms with Crippen LogP contribution in [0.3, 0.4) is 0 Å². The second-order valence-electron chi connectivity index (χ2n) is 7.33. The molecule has 6 nitrogen and oxygen atoms in total. The van der Waals surface area contributed by atoms with Gasteiger partial charge in [0.1, 0.15) is 5.75 Å². The van der Waals surface area contributed by atoms with Crippen molar-refractivity contribution in [2.24, 2.45) is 5.92 Å². The van der Waals surface area contributed by atoms with Crippen molar-refractivity contribution in [2.75, 3.05) is 7.11 Å². The summed E-state index contributed by atoms with van der Waals surface area (Å²) in [5, 5.41) is 0. The van der Waals surface area contributed by atoms with Gasteiger partial charge in [0.25, 0.3) is 0 Å². The molecule has 1 aromatic carbocycles. The Balaban J connectivity index is 2.23. The molecule has 2 aromatic heterocycles. The molecule has 1 unspecified atom stereocenters. The number of methoxy groups -OCH3 is 1. The highest BCUT2D eigenvalue weighted by Crippen LogP contribution is 2.32. The van der Waals surface area contributed by atoms with E-state index in [9.17, 15) is 4.79 Å². The van der Waals surface area contributed by atoms with Crippen LogP contribution in [0.2, 0.25) is 0 Å². The third kappa shape index (κ3) is 3.11. The summed E-state index contributed by atoms with van der Waals surface area (Å²) < 4.78 is 7.21. The van der Waals surface area contributed by atoms with Crippen LogP contribution in [0, 0.1) is 5.92 Å². The zero-order valence-corrected chi connectivity index (χ0v) is 16.2. The second kappa shape index (κ2) is 6.94. The molecular formula is C20H26N4O2. The molecular weight excluding hydrogens is 328 g/mol. The second-order valence-corrected chi connectivity index (χ2v) is 7.33. The van der Waals surface area contributed by atoms with E-state index in [2.05, 4.69) is 49.8 Å². The lowest BCUT2D eigenvalue weighted by Crippen LogP contribution is -2.24. The quantitative estimate of drug-likeness (QED) is 0.747. The molecule has 6 heteroatoms. The zero-order chi connectivity index (χ0) is 19.0. The number of aromatic nitrogens is 4. The molecule has 0 fully saturated rings. The number of nitrogens with one attached hydrogen (secondary N) is 1. The number of rotatable bonds is 5. The van der Waals surface area contributed by atoms with Gasteiger partial charge >= 0.3 is 5.69 Å². The molecule has 1 atom stereocenters. The Bertz CT molecular complexity index is 985. The molecule has 2 heterocycles. The number of nitrogens with zero attached hydrogens (tertiary/aromatic N) is 3.